The Morgan fingerprint density at radius 1 is 1.11 bits per heavy atom. The molecule has 1 aromatic carbocycles. The van der Waals surface area contributed by atoms with Crippen molar-refractivity contribution in [2.24, 2.45) is 0 Å². The van der Waals surface area contributed by atoms with Crippen molar-refractivity contribution < 1.29 is 4.74 Å². The van der Waals surface area contributed by atoms with Crippen LogP contribution in [0.5, 0.6) is 5.88 Å². The minimum atomic E-state index is 0.306. The zero-order chi connectivity index (χ0) is 13.5. The van der Waals surface area contributed by atoms with Crippen molar-refractivity contribution >= 4 is 5.69 Å². The van der Waals surface area contributed by atoms with Crippen LogP contribution in [0.4, 0.5) is 5.69 Å². The van der Waals surface area contributed by atoms with E-state index in [0.717, 1.165) is 12.1 Å². The van der Waals surface area contributed by atoms with Gasteiger partial charge in [0.05, 0.1) is 24.5 Å². The molecule has 3 heteroatoms. The van der Waals surface area contributed by atoms with E-state index in [0.29, 0.717) is 18.5 Å². The monoisotopic (exact) mass is 256 g/mol. The molecule has 0 amide bonds. The Kier molecular flexibility index (Phi) is 4.78. The van der Waals surface area contributed by atoms with Crippen LogP contribution in [0.15, 0.2) is 48.7 Å². The first kappa shape index (κ1) is 13.4. The Balaban J connectivity index is 2.06. The SMILES string of the molecule is CCOc1ccc(NC(CC)c2ccccc2)cn1. The lowest BCUT2D eigenvalue weighted by molar-refractivity contribution is 0.327. The van der Waals surface area contributed by atoms with Crippen LogP contribution >= 0.6 is 0 Å². The first-order valence-corrected chi connectivity index (χ1v) is 6.73. The fourth-order valence-corrected chi connectivity index (χ4v) is 2.01. The minimum absolute atomic E-state index is 0.306. The zero-order valence-corrected chi connectivity index (χ0v) is 11.5. The number of hydrogen-bond donors (Lipinski definition) is 1. The van der Waals surface area contributed by atoms with E-state index < -0.39 is 0 Å². The molecule has 3 nitrogen and oxygen atoms in total. The number of pyridine rings is 1. The van der Waals surface area contributed by atoms with Crippen LogP contribution in [0.1, 0.15) is 31.9 Å². The predicted molar refractivity (Wildman–Crippen MR) is 78.5 cm³/mol. The maximum atomic E-state index is 5.34. The van der Waals surface area contributed by atoms with Crippen molar-refractivity contribution in [3.8, 4) is 5.88 Å². The van der Waals surface area contributed by atoms with Crippen LogP contribution in [0.3, 0.4) is 0 Å². The van der Waals surface area contributed by atoms with Crippen LogP contribution in [0, 0.1) is 0 Å². The molecule has 2 aromatic rings. The Hall–Kier alpha value is -2.03. The lowest BCUT2D eigenvalue weighted by Crippen LogP contribution is -2.09. The number of benzene rings is 1. The average Bonchev–Trinajstić information content (AvgIpc) is 2.48. The summed E-state index contributed by atoms with van der Waals surface area (Å²) in [5.74, 6) is 0.667. The fourth-order valence-electron chi connectivity index (χ4n) is 2.01. The van der Waals surface area contributed by atoms with E-state index in [1.807, 2.05) is 31.3 Å². The molecule has 0 aliphatic heterocycles. The molecule has 100 valence electrons. The van der Waals surface area contributed by atoms with Crippen LogP contribution in [-0.4, -0.2) is 11.6 Å². The first-order valence-electron chi connectivity index (χ1n) is 6.73. The van der Waals surface area contributed by atoms with Gasteiger partial charge in [0.1, 0.15) is 0 Å². The molecule has 0 aliphatic rings. The fraction of sp³-hybridized carbons (Fsp3) is 0.312. The summed E-state index contributed by atoms with van der Waals surface area (Å²) in [6.07, 6.45) is 2.84. The molecule has 2 rings (SSSR count). The Morgan fingerprint density at radius 2 is 1.89 bits per heavy atom. The number of ether oxygens (including phenoxy) is 1. The summed E-state index contributed by atoms with van der Waals surface area (Å²) in [4.78, 5) is 4.26. The summed E-state index contributed by atoms with van der Waals surface area (Å²) >= 11 is 0. The maximum absolute atomic E-state index is 5.34. The highest BCUT2D eigenvalue weighted by Gasteiger charge is 2.08. The minimum Gasteiger partial charge on any atom is -0.478 e. The summed E-state index contributed by atoms with van der Waals surface area (Å²) in [5.41, 5.74) is 2.30. The second-order valence-corrected chi connectivity index (χ2v) is 4.33. The highest BCUT2D eigenvalue weighted by Crippen LogP contribution is 2.22. The third kappa shape index (κ3) is 3.71. The molecular weight excluding hydrogens is 236 g/mol. The second kappa shape index (κ2) is 6.78. The lowest BCUT2D eigenvalue weighted by atomic mass is 10.0. The van der Waals surface area contributed by atoms with Gasteiger partial charge in [-0.2, -0.15) is 0 Å². The topological polar surface area (TPSA) is 34.1 Å². The van der Waals surface area contributed by atoms with E-state index in [1.165, 1.54) is 5.56 Å². The van der Waals surface area contributed by atoms with Gasteiger partial charge in [0.25, 0.3) is 0 Å². The van der Waals surface area contributed by atoms with Gasteiger partial charge < -0.3 is 10.1 Å². The first-order chi connectivity index (χ1) is 9.33. The van der Waals surface area contributed by atoms with Gasteiger partial charge in [-0.05, 0) is 25.0 Å². The van der Waals surface area contributed by atoms with Gasteiger partial charge in [-0.1, -0.05) is 37.3 Å². The largest absolute Gasteiger partial charge is 0.478 e. The van der Waals surface area contributed by atoms with Gasteiger partial charge in [-0.3, -0.25) is 0 Å². The second-order valence-electron chi connectivity index (χ2n) is 4.33. The van der Waals surface area contributed by atoms with Crippen molar-refractivity contribution in [3.63, 3.8) is 0 Å². The standard InChI is InChI=1S/C16H20N2O/c1-3-15(13-8-6-5-7-9-13)18-14-10-11-16(17-12-14)19-4-2/h5-12,15,18H,3-4H2,1-2H3. The van der Waals surface area contributed by atoms with Crippen molar-refractivity contribution in [1.82, 2.24) is 4.98 Å². The van der Waals surface area contributed by atoms with Crippen LogP contribution in [0.2, 0.25) is 0 Å². The molecule has 0 bridgehead atoms. The van der Waals surface area contributed by atoms with Crippen LogP contribution in [-0.2, 0) is 0 Å². The molecule has 1 heterocycles. The molecule has 0 spiro atoms. The van der Waals surface area contributed by atoms with E-state index >= 15 is 0 Å². The van der Waals surface area contributed by atoms with E-state index in [9.17, 15) is 0 Å². The number of anilines is 1. The number of nitrogens with zero attached hydrogens (tertiary/aromatic N) is 1. The summed E-state index contributed by atoms with van der Waals surface area (Å²) in [6, 6.07) is 14.7. The van der Waals surface area contributed by atoms with Crippen LogP contribution in [0.25, 0.3) is 0 Å². The van der Waals surface area contributed by atoms with Gasteiger partial charge in [-0.15, -0.1) is 0 Å². The number of aromatic nitrogens is 1. The molecule has 0 radical (unpaired) electrons. The van der Waals surface area contributed by atoms with Crippen molar-refractivity contribution in [2.45, 2.75) is 26.3 Å². The summed E-state index contributed by atoms with van der Waals surface area (Å²) in [5, 5.41) is 3.50. The predicted octanol–water partition coefficient (Wildman–Crippen LogP) is 4.04. The zero-order valence-electron chi connectivity index (χ0n) is 11.5. The Morgan fingerprint density at radius 3 is 2.47 bits per heavy atom. The summed E-state index contributed by atoms with van der Waals surface area (Å²) in [7, 11) is 0. The molecule has 1 N–H and O–H groups in total. The van der Waals surface area contributed by atoms with Gasteiger partial charge in [0.15, 0.2) is 0 Å². The Labute approximate surface area is 114 Å². The molecule has 1 unspecified atom stereocenters. The van der Waals surface area contributed by atoms with Crippen molar-refractivity contribution in [2.75, 3.05) is 11.9 Å². The molecule has 1 aromatic heterocycles. The maximum Gasteiger partial charge on any atom is 0.213 e. The van der Waals surface area contributed by atoms with Crippen LogP contribution < -0.4 is 10.1 Å². The van der Waals surface area contributed by atoms with Gasteiger partial charge in [0, 0.05) is 6.07 Å². The number of hydrogen-bond acceptors (Lipinski definition) is 3. The van der Waals surface area contributed by atoms with E-state index in [2.05, 4.69) is 41.5 Å². The smallest absolute Gasteiger partial charge is 0.213 e. The van der Waals surface area contributed by atoms with Crippen molar-refractivity contribution in [3.05, 3.63) is 54.2 Å². The molecule has 0 saturated carbocycles. The van der Waals surface area contributed by atoms with Gasteiger partial charge in [-0.25, -0.2) is 4.98 Å². The van der Waals surface area contributed by atoms with E-state index in [1.54, 1.807) is 0 Å². The van der Waals surface area contributed by atoms with Crippen molar-refractivity contribution in [1.29, 1.82) is 0 Å². The molecule has 0 fully saturated rings. The highest BCUT2D eigenvalue weighted by molar-refractivity contribution is 5.44. The summed E-state index contributed by atoms with van der Waals surface area (Å²) < 4.78 is 5.34. The molecule has 19 heavy (non-hydrogen) atoms. The molecule has 0 saturated heterocycles. The number of rotatable bonds is 6. The van der Waals surface area contributed by atoms with E-state index in [-0.39, 0.29) is 0 Å². The molecule has 0 aliphatic carbocycles. The number of nitrogens with one attached hydrogen (secondary N) is 1. The van der Waals surface area contributed by atoms with E-state index in [4.69, 9.17) is 4.74 Å². The molecular formula is C16H20N2O. The normalized spacial score (nSPS) is 11.9. The Bertz CT molecular complexity index is 482. The quantitative estimate of drug-likeness (QED) is 0.846. The highest BCUT2D eigenvalue weighted by atomic mass is 16.5. The average molecular weight is 256 g/mol. The third-order valence-corrected chi connectivity index (χ3v) is 2.98. The van der Waals surface area contributed by atoms with Gasteiger partial charge >= 0.3 is 0 Å². The molecule has 1 atom stereocenters. The third-order valence-electron chi connectivity index (χ3n) is 2.98. The van der Waals surface area contributed by atoms with Gasteiger partial charge in [0.2, 0.25) is 5.88 Å². The summed E-state index contributed by atoms with van der Waals surface area (Å²) in [6.45, 7) is 4.77. The lowest BCUT2D eigenvalue weighted by Gasteiger charge is -2.18.